The van der Waals surface area contributed by atoms with Crippen molar-refractivity contribution in [1.82, 2.24) is 15.0 Å². The molecule has 4 rings (SSSR count). The van der Waals surface area contributed by atoms with E-state index < -0.39 is 5.91 Å². The lowest BCUT2D eigenvalue weighted by molar-refractivity contribution is -0.119. The van der Waals surface area contributed by atoms with Gasteiger partial charge in [0.2, 0.25) is 5.89 Å². The number of aromatic nitrogens is 2. The molecule has 2 N–H and O–H groups in total. The Morgan fingerprint density at radius 1 is 1.36 bits per heavy atom. The maximum absolute atomic E-state index is 10.9. The van der Waals surface area contributed by atoms with Crippen LogP contribution in [0.15, 0.2) is 28.8 Å². The highest BCUT2D eigenvalue weighted by molar-refractivity contribution is 5.75. The third-order valence-corrected chi connectivity index (χ3v) is 4.71. The van der Waals surface area contributed by atoms with Gasteiger partial charge in [0, 0.05) is 12.5 Å². The smallest absolute Gasteiger partial charge is 0.255 e. The lowest BCUT2D eigenvalue weighted by Crippen LogP contribution is -2.23. The van der Waals surface area contributed by atoms with E-state index in [4.69, 9.17) is 15.0 Å². The zero-order chi connectivity index (χ0) is 17.2. The van der Waals surface area contributed by atoms with Crippen LogP contribution < -0.4 is 10.5 Å². The van der Waals surface area contributed by atoms with Crippen molar-refractivity contribution in [3.63, 3.8) is 0 Å². The molecule has 2 fully saturated rings. The van der Waals surface area contributed by atoms with Crippen LogP contribution in [0.1, 0.15) is 54.9 Å². The summed E-state index contributed by atoms with van der Waals surface area (Å²) in [5, 5.41) is 4.21. The summed E-state index contributed by atoms with van der Waals surface area (Å²) in [5.41, 5.74) is 6.25. The fraction of sp³-hybridized carbons (Fsp3) is 0.500. The van der Waals surface area contributed by atoms with Gasteiger partial charge in [-0.2, -0.15) is 4.98 Å². The lowest BCUT2D eigenvalue weighted by atomic mass is 10.1. The van der Waals surface area contributed by atoms with E-state index in [1.54, 1.807) is 0 Å². The van der Waals surface area contributed by atoms with E-state index in [2.05, 4.69) is 21.1 Å². The summed E-state index contributed by atoms with van der Waals surface area (Å²) in [7, 11) is 0. The molecule has 1 aliphatic heterocycles. The Hall–Kier alpha value is -2.41. The first kappa shape index (κ1) is 16.1. The van der Waals surface area contributed by atoms with Crippen molar-refractivity contribution in [3.8, 4) is 5.75 Å². The average Bonchev–Trinajstić information content (AvgIpc) is 3.15. The monoisotopic (exact) mass is 342 g/mol. The van der Waals surface area contributed by atoms with Crippen LogP contribution in [0, 0.1) is 0 Å². The third kappa shape index (κ3) is 3.82. The van der Waals surface area contributed by atoms with Gasteiger partial charge in [-0.1, -0.05) is 17.3 Å². The van der Waals surface area contributed by atoms with E-state index in [0.717, 1.165) is 56.1 Å². The van der Waals surface area contributed by atoms with Crippen molar-refractivity contribution in [2.24, 2.45) is 5.73 Å². The molecule has 0 radical (unpaired) electrons. The van der Waals surface area contributed by atoms with Gasteiger partial charge in [-0.3, -0.25) is 9.69 Å². The van der Waals surface area contributed by atoms with Crippen LogP contribution >= 0.6 is 0 Å². The number of likely N-dealkylation sites (tertiary alicyclic amines) is 1. The normalized spacial score (nSPS) is 20.7. The Balaban J connectivity index is 1.43. The molecule has 0 unspecified atom stereocenters. The molecule has 132 valence electrons. The van der Waals surface area contributed by atoms with Gasteiger partial charge in [-0.15, -0.1) is 0 Å². The molecule has 0 bridgehead atoms. The molecule has 1 aromatic carbocycles. The summed E-state index contributed by atoms with van der Waals surface area (Å²) in [6.45, 7) is 1.68. The van der Waals surface area contributed by atoms with E-state index >= 15 is 0 Å². The predicted molar refractivity (Wildman–Crippen MR) is 89.8 cm³/mol. The Labute approximate surface area is 146 Å². The minimum absolute atomic E-state index is 0.109. The van der Waals surface area contributed by atoms with Gasteiger partial charge in [0.25, 0.3) is 5.91 Å². The standard InChI is InChI=1S/C18H22N4O3/c19-16(23)11-24-14-4-1-3-12(9-14)10-22-8-2-5-15(22)17-20-18(25-21-17)13-6-7-13/h1,3-4,9,13,15H,2,5-8,10-11H2,(H2,19,23)/t15-/m1/s1. The van der Waals surface area contributed by atoms with Gasteiger partial charge in [-0.05, 0) is 49.9 Å². The number of carbonyl (C=O) groups excluding carboxylic acids is 1. The van der Waals surface area contributed by atoms with Crippen LogP contribution in [0.5, 0.6) is 5.75 Å². The molecule has 1 aromatic heterocycles. The van der Waals surface area contributed by atoms with E-state index in [1.165, 1.54) is 0 Å². The Kier molecular flexibility index (Phi) is 4.40. The van der Waals surface area contributed by atoms with E-state index in [-0.39, 0.29) is 12.6 Å². The van der Waals surface area contributed by atoms with Crippen LogP contribution in [0.4, 0.5) is 0 Å². The minimum atomic E-state index is -0.478. The molecular weight excluding hydrogens is 320 g/mol. The van der Waals surface area contributed by atoms with Crippen LogP contribution in [-0.2, 0) is 11.3 Å². The first-order chi connectivity index (χ1) is 12.2. The average molecular weight is 342 g/mol. The highest BCUT2D eigenvalue weighted by Gasteiger charge is 2.34. The predicted octanol–water partition coefficient (Wildman–Crippen LogP) is 2.15. The Morgan fingerprint density at radius 3 is 3.04 bits per heavy atom. The Morgan fingerprint density at radius 2 is 2.24 bits per heavy atom. The highest BCUT2D eigenvalue weighted by atomic mass is 16.5. The molecule has 7 nitrogen and oxygen atoms in total. The number of benzene rings is 1. The molecule has 1 saturated carbocycles. The van der Waals surface area contributed by atoms with E-state index in [9.17, 15) is 4.79 Å². The molecule has 1 aliphatic carbocycles. The van der Waals surface area contributed by atoms with Crippen molar-refractivity contribution in [2.45, 2.75) is 44.2 Å². The number of rotatable bonds is 7. The second kappa shape index (κ2) is 6.84. The van der Waals surface area contributed by atoms with Gasteiger partial charge in [-0.25, -0.2) is 0 Å². The van der Waals surface area contributed by atoms with Crippen LogP contribution in [0.25, 0.3) is 0 Å². The third-order valence-electron chi connectivity index (χ3n) is 4.71. The molecule has 0 spiro atoms. The van der Waals surface area contributed by atoms with Crippen LogP contribution in [0.2, 0.25) is 0 Å². The Bertz CT molecular complexity index is 756. The number of ether oxygens (including phenoxy) is 1. The summed E-state index contributed by atoms with van der Waals surface area (Å²) < 4.78 is 10.8. The minimum Gasteiger partial charge on any atom is -0.484 e. The molecule has 2 aliphatic rings. The molecule has 2 aromatic rings. The molecule has 1 amide bonds. The number of nitrogens with zero attached hydrogens (tertiary/aromatic N) is 3. The first-order valence-corrected chi connectivity index (χ1v) is 8.76. The van der Waals surface area contributed by atoms with E-state index in [0.29, 0.717) is 11.7 Å². The number of amides is 1. The summed E-state index contributed by atoms with van der Waals surface area (Å²) >= 11 is 0. The fourth-order valence-electron chi connectivity index (χ4n) is 3.31. The van der Waals surface area contributed by atoms with Crippen molar-refractivity contribution in [1.29, 1.82) is 0 Å². The molecule has 25 heavy (non-hydrogen) atoms. The SMILES string of the molecule is NC(=O)COc1cccc(CN2CCC[C@@H]2c2noc(C3CC3)n2)c1. The van der Waals surface area contributed by atoms with Crippen molar-refractivity contribution in [3.05, 3.63) is 41.5 Å². The highest BCUT2D eigenvalue weighted by Crippen LogP contribution is 2.40. The van der Waals surface area contributed by atoms with E-state index in [1.807, 2.05) is 18.2 Å². The summed E-state index contributed by atoms with van der Waals surface area (Å²) in [6.07, 6.45) is 4.49. The van der Waals surface area contributed by atoms with Gasteiger partial charge >= 0.3 is 0 Å². The molecular formula is C18H22N4O3. The van der Waals surface area contributed by atoms with Crippen molar-refractivity contribution >= 4 is 5.91 Å². The second-order valence-electron chi connectivity index (χ2n) is 6.80. The number of primary amides is 1. The number of carbonyl (C=O) groups is 1. The second-order valence-corrected chi connectivity index (χ2v) is 6.80. The molecule has 1 saturated heterocycles. The molecule has 1 atom stereocenters. The molecule has 7 heteroatoms. The summed E-state index contributed by atoms with van der Waals surface area (Å²) in [5.74, 6) is 2.26. The van der Waals surface area contributed by atoms with Crippen LogP contribution in [0.3, 0.4) is 0 Å². The van der Waals surface area contributed by atoms with Crippen molar-refractivity contribution < 1.29 is 14.1 Å². The fourth-order valence-corrected chi connectivity index (χ4v) is 3.31. The van der Waals surface area contributed by atoms with Gasteiger partial charge < -0.3 is 15.0 Å². The van der Waals surface area contributed by atoms with Gasteiger partial charge in [0.1, 0.15) is 5.75 Å². The number of hydrogen-bond donors (Lipinski definition) is 1. The zero-order valence-electron chi connectivity index (χ0n) is 14.1. The number of nitrogens with two attached hydrogens (primary N) is 1. The lowest BCUT2D eigenvalue weighted by Gasteiger charge is -2.22. The quantitative estimate of drug-likeness (QED) is 0.828. The zero-order valence-corrected chi connectivity index (χ0v) is 14.1. The maximum Gasteiger partial charge on any atom is 0.255 e. The summed E-state index contributed by atoms with van der Waals surface area (Å²) in [6, 6.07) is 7.96. The van der Waals surface area contributed by atoms with Gasteiger partial charge in [0.15, 0.2) is 12.4 Å². The summed E-state index contributed by atoms with van der Waals surface area (Å²) in [4.78, 5) is 17.8. The van der Waals surface area contributed by atoms with Gasteiger partial charge in [0.05, 0.1) is 6.04 Å². The molecule has 2 heterocycles. The van der Waals surface area contributed by atoms with Crippen LogP contribution in [-0.4, -0.2) is 34.1 Å². The first-order valence-electron chi connectivity index (χ1n) is 8.76. The topological polar surface area (TPSA) is 94.5 Å². The van der Waals surface area contributed by atoms with Crippen molar-refractivity contribution in [2.75, 3.05) is 13.2 Å². The largest absolute Gasteiger partial charge is 0.484 e. The maximum atomic E-state index is 10.9. The number of hydrogen-bond acceptors (Lipinski definition) is 6.